The van der Waals surface area contributed by atoms with Crippen molar-refractivity contribution in [3.63, 3.8) is 0 Å². The van der Waals surface area contributed by atoms with Crippen LogP contribution in [0.3, 0.4) is 0 Å². The molecule has 0 atom stereocenters. The van der Waals surface area contributed by atoms with E-state index in [1.54, 1.807) is 0 Å². The Labute approximate surface area is 150 Å². The molecule has 130 valence electrons. The molecule has 0 saturated carbocycles. The molecule has 0 bridgehead atoms. The fraction of sp³-hybridized carbons (Fsp3) is 0.150. The monoisotopic (exact) mass is 345 g/mol. The summed E-state index contributed by atoms with van der Waals surface area (Å²) >= 11 is 0. The van der Waals surface area contributed by atoms with Crippen molar-refractivity contribution in [3.8, 4) is 0 Å². The predicted octanol–water partition coefficient (Wildman–Crippen LogP) is 2.93. The van der Waals surface area contributed by atoms with Crippen LogP contribution in [0.5, 0.6) is 0 Å². The molecule has 0 spiro atoms. The molecule has 2 aromatic heterocycles. The number of rotatable bonds is 5. The number of hydrogen-bond acceptors (Lipinski definition) is 4. The first-order chi connectivity index (χ1) is 12.7. The smallest absolute Gasteiger partial charge is 0.277 e. The van der Waals surface area contributed by atoms with Crippen LogP contribution < -0.4 is 10.9 Å². The number of H-pyrrole nitrogens is 1. The van der Waals surface area contributed by atoms with Crippen molar-refractivity contribution in [1.29, 1.82) is 0 Å². The molecule has 0 saturated heterocycles. The van der Waals surface area contributed by atoms with Gasteiger partial charge in [-0.25, -0.2) is 4.98 Å². The van der Waals surface area contributed by atoms with Gasteiger partial charge in [0.2, 0.25) is 0 Å². The van der Waals surface area contributed by atoms with E-state index in [0.717, 1.165) is 11.3 Å². The van der Waals surface area contributed by atoms with Crippen molar-refractivity contribution >= 4 is 11.5 Å². The summed E-state index contributed by atoms with van der Waals surface area (Å²) < 4.78 is 1.42. The molecule has 2 heterocycles. The SMILES string of the molecule is Cc1nc2nc(CNc3ccccc3)[nH]n2c(=O)c1Cc1ccccc1. The first-order valence-corrected chi connectivity index (χ1v) is 8.50. The summed E-state index contributed by atoms with van der Waals surface area (Å²) in [6.45, 7) is 2.34. The second-order valence-electron chi connectivity index (χ2n) is 6.17. The van der Waals surface area contributed by atoms with Gasteiger partial charge in [-0.05, 0) is 24.6 Å². The molecule has 0 unspecified atom stereocenters. The Morgan fingerprint density at radius 1 is 1.00 bits per heavy atom. The Morgan fingerprint density at radius 3 is 2.42 bits per heavy atom. The zero-order valence-electron chi connectivity index (χ0n) is 14.4. The highest BCUT2D eigenvalue weighted by atomic mass is 16.1. The van der Waals surface area contributed by atoms with E-state index >= 15 is 0 Å². The van der Waals surface area contributed by atoms with Crippen molar-refractivity contribution in [1.82, 2.24) is 19.6 Å². The highest BCUT2D eigenvalue weighted by molar-refractivity contribution is 5.43. The normalized spacial score (nSPS) is 11.0. The van der Waals surface area contributed by atoms with Gasteiger partial charge in [0.05, 0.1) is 12.2 Å². The van der Waals surface area contributed by atoms with Crippen LogP contribution in [0.25, 0.3) is 5.78 Å². The fourth-order valence-electron chi connectivity index (χ4n) is 2.92. The van der Waals surface area contributed by atoms with Gasteiger partial charge in [-0.2, -0.15) is 9.50 Å². The second-order valence-corrected chi connectivity index (χ2v) is 6.17. The lowest BCUT2D eigenvalue weighted by Gasteiger charge is -2.04. The Morgan fingerprint density at radius 2 is 1.69 bits per heavy atom. The fourth-order valence-corrected chi connectivity index (χ4v) is 2.92. The molecular weight excluding hydrogens is 326 g/mol. The van der Waals surface area contributed by atoms with E-state index < -0.39 is 0 Å². The van der Waals surface area contributed by atoms with E-state index in [1.807, 2.05) is 67.6 Å². The van der Waals surface area contributed by atoms with E-state index in [2.05, 4.69) is 20.4 Å². The van der Waals surface area contributed by atoms with Crippen LogP contribution in [0.4, 0.5) is 5.69 Å². The molecule has 2 aromatic carbocycles. The lowest BCUT2D eigenvalue weighted by molar-refractivity contribution is 0.832. The van der Waals surface area contributed by atoms with Crippen molar-refractivity contribution in [2.75, 3.05) is 5.32 Å². The Balaban J connectivity index is 1.63. The molecular formula is C20H19N5O. The molecule has 4 aromatic rings. The molecule has 0 radical (unpaired) electrons. The van der Waals surface area contributed by atoms with Gasteiger partial charge in [0, 0.05) is 17.7 Å². The van der Waals surface area contributed by atoms with E-state index in [1.165, 1.54) is 4.52 Å². The first kappa shape index (κ1) is 16.1. The Hall–Kier alpha value is -3.41. The molecule has 0 amide bonds. The van der Waals surface area contributed by atoms with Crippen molar-refractivity contribution in [3.05, 3.63) is 93.7 Å². The molecule has 0 aliphatic heterocycles. The number of benzene rings is 2. The number of aryl methyl sites for hydroxylation is 1. The standard InChI is InChI=1S/C20H19N5O/c1-14-17(12-15-8-4-2-5-9-15)19(26)25-20(22-14)23-18(24-25)13-21-16-10-6-3-7-11-16/h2-11,21H,12-13H2,1H3,(H,22,23,24). The number of nitrogens with zero attached hydrogens (tertiary/aromatic N) is 3. The number of aromatic amines is 1. The van der Waals surface area contributed by atoms with Crippen LogP contribution in [0.15, 0.2) is 65.5 Å². The average Bonchev–Trinajstić information content (AvgIpc) is 3.08. The quantitative estimate of drug-likeness (QED) is 0.583. The minimum absolute atomic E-state index is 0.102. The van der Waals surface area contributed by atoms with Crippen molar-refractivity contribution in [2.45, 2.75) is 19.9 Å². The maximum Gasteiger partial charge on any atom is 0.277 e. The maximum absolute atomic E-state index is 12.9. The average molecular weight is 345 g/mol. The van der Waals surface area contributed by atoms with Crippen LogP contribution in [0.1, 0.15) is 22.6 Å². The minimum Gasteiger partial charge on any atom is -0.378 e. The molecule has 0 fully saturated rings. The number of para-hydroxylation sites is 1. The van der Waals surface area contributed by atoms with Gasteiger partial charge in [0.15, 0.2) is 0 Å². The summed E-state index contributed by atoms with van der Waals surface area (Å²) in [5.74, 6) is 1.06. The van der Waals surface area contributed by atoms with Crippen LogP contribution in [-0.4, -0.2) is 19.6 Å². The molecule has 0 aliphatic rings. The van der Waals surface area contributed by atoms with E-state index in [4.69, 9.17) is 0 Å². The number of nitrogens with one attached hydrogen (secondary N) is 2. The van der Waals surface area contributed by atoms with Crippen molar-refractivity contribution < 1.29 is 0 Å². The van der Waals surface area contributed by atoms with Crippen LogP contribution in [0, 0.1) is 6.92 Å². The van der Waals surface area contributed by atoms with Gasteiger partial charge in [0.1, 0.15) is 5.82 Å². The van der Waals surface area contributed by atoms with E-state index in [0.29, 0.717) is 35.8 Å². The number of aromatic nitrogens is 4. The molecule has 4 rings (SSSR count). The third-order valence-corrected chi connectivity index (χ3v) is 4.30. The van der Waals surface area contributed by atoms with E-state index in [-0.39, 0.29) is 5.56 Å². The lowest BCUT2D eigenvalue weighted by Crippen LogP contribution is -2.22. The third kappa shape index (κ3) is 3.21. The summed E-state index contributed by atoms with van der Waals surface area (Å²) in [7, 11) is 0. The highest BCUT2D eigenvalue weighted by Crippen LogP contribution is 2.10. The second kappa shape index (κ2) is 6.84. The largest absolute Gasteiger partial charge is 0.378 e. The third-order valence-electron chi connectivity index (χ3n) is 4.30. The van der Waals surface area contributed by atoms with Crippen molar-refractivity contribution in [2.24, 2.45) is 0 Å². The van der Waals surface area contributed by atoms with Gasteiger partial charge in [-0.3, -0.25) is 9.89 Å². The Kier molecular flexibility index (Phi) is 4.23. The summed E-state index contributed by atoms with van der Waals surface area (Å²) in [5, 5.41) is 6.33. The number of hydrogen-bond donors (Lipinski definition) is 2. The summed E-state index contributed by atoms with van der Waals surface area (Å²) in [4.78, 5) is 21.8. The van der Waals surface area contributed by atoms with Gasteiger partial charge >= 0.3 is 0 Å². The Bertz CT molecular complexity index is 1080. The molecule has 6 heteroatoms. The van der Waals surface area contributed by atoms with Gasteiger partial charge in [0.25, 0.3) is 11.3 Å². The molecule has 2 N–H and O–H groups in total. The zero-order chi connectivity index (χ0) is 17.9. The molecule has 6 nitrogen and oxygen atoms in total. The van der Waals surface area contributed by atoms with E-state index in [9.17, 15) is 4.79 Å². The predicted molar refractivity (Wildman–Crippen MR) is 101 cm³/mol. The van der Waals surface area contributed by atoms with Crippen LogP contribution in [0.2, 0.25) is 0 Å². The highest BCUT2D eigenvalue weighted by Gasteiger charge is 2.13. The summed E-state index contributed by atoms with van der Waals surface area (Å²) in [6, 6.07) is 19.8. The van der Waals surface area contributed by atoms with Gasteiger partial charge < -0.3 is 5.32 Å². The summed E-state index contributed by atoms with van der Waals surface area (Å²) in [6.07, 6.45) is 0.554. The molecule has 0 aliphatic carbocycles. The molecule has 26 heavy (non-hydrogen) atoms. The lowest BCUT2D eigenvalue weighted by atomic mass is 10.1. The van der Waals surface area contributed by atoms with Crippen LogP contribution >= 0.6 is 0 Å². The zero-order valence-corrected chi connectivity index (χ0v) is 14.4. The van der Waals surface area contributed by atoms with Crippen LogP contribution in [-0.2, 0) is 13.0 Å². The minimum atomic E-state index is -0.102. The number of fused-ring (bicyclic) bond motifs is 1. The number of anilines is 1. The summed E-state index contributed by atoms with van der Waals surface area (Å²) in [5.41, 5.74) is 3.37. The maximum atomic E-state index is 12.9. The first-order valence-electron chi connectivity index (χ1n) is 8.50. The van der Waals surface area contributed by atoms with Gasteiger partial charge in [-0.15, -0.1) is 0 Å². The van der Waals surface area contributed by atoms with Gasteiger partial charge in [-0.1, -0.05) is 48.5 Å². The topological polar surface area (TPSA) is 75.1 Å².